The number of carboxylic acids is 1. The lowest BCUT2D eigenvalue weighted by Crippen LogP contribution is -2.50. The number of hydrogen-bond acceptors (Lipinski definition) is 2. The first-order chi connectivity index (χ1) is 7.62. The maximum Gasteiger partial charge on any atom is 0.305 e. The van der Waals surface area contributed by atoms with E-state index in [1.54, 1.807) is 0 Å². The van der Waals surface area contributed by atoms with E-state index in [4.69, 9.17) is 5.11 Å². The van der Waals surface area contributed by atoms with Crippen molar-refractivity contribution in [1.29, 1.82) is 0 Å². The van der Waals surface area contributed by atoms with Gasteiger partial charge in [0, 0.05) is 5.54 Å². The van der Waals surface area contributed by atoms with Crippen molar-refractivity contribution in [2.24, 2.45) is 5.92 Å². The van der Waals surface area contributed by atoms with Crippen LogP contribution in [0.4, 0.5) is 0 Å². The second-order valence-corrected chi connectivity index (χ2v) is 5.15. The highest BCUT2D eigenvalue weighted by Gasteiger charge is 2.36. The Morgan fingerprint density at radius 1 is 1.50 bits per heavy atom. The zero-order valence-electron chi connectivity index (χ0n) is 10.6. The Hall–Kier alpha value is -0.570. The molecule has 2 N–H and O–H groups in total. The molecule has 94 valence electrons. The van der Waals surface area contributed by atoms with E-state index >= 15 is 0 Å². The van der Waals surface area contributed by atoms with Gasteiger partial charge in [-0.2, -0.15) is 0 Å². The topological polar surface area (TPSA) is 49.3 Å². The van der Waals surface area contributed by atoms with E-state index in [2.05, 4.69) is 19.2 Å². The summed E-state index contributed by atoms with van der Waals surface area (Å²) in [5, 5.41) is 12.5. The van der Waals surface area contributed by atoms with Crippen LogP contribution in [0.3, 0.4) is 0 Å². The number of carboxylic acid groups (broad SMARTS) is 1. The smallest absolute Gasteiger partial charge is 0.305 e. The van der Waals surface area contributed by atoms with Crippen LogP contribution in [0, 0.1) is 5.92 Å². The molecule has 3 heteroatoms. The quantitative estimate of drug-likeness (QED) is 0.733. The lowest BCUT2D eigenvalue weighted by atomic mass is 9.73. The van der Waals surface area contributed by atoms with Crippen LogP contribution in [-0.4, -0.2) is 23.2 Å². The molecule has 0 spiro atoms. The Morgan fingerprint density at radius 3 is 2.81 bits per heavy atom. The molecular weight excluding hydrogens is 202 g/mol. The summed E-state index contributed by atoms with van der Waals surface area (Å²) in [7, 11) is 0. The predicted molar refractivity (Wildman–Crippen MR) is 65.5 cm³/mol. The molecule has 0 heterocycles. The van der Waals surface area contributed by atoms with Crippen molar-refractivity contribution in [3.63, 3.8) is 0 Å². The Morgan fingerprint density at radius 2 is 2.25 bits per heavy atom. The monoisotopic (exact) mass is 227 g/mol. The van der Waals surface area contributed by atoms with Crippen LogP contribution in [0.25, 0.3) is 0 Å². The number of aliphatic carboxylic acids is 1. The van der Waals surface area contributed by atoms with E-state index in [-0.39, 0.29) is 12.0 Å². The largest absolute Gasteiger partial charge is 0.481 e. The molecule has 1 fully saturated rings. The van der Waals surface area contributed by atoms with Crippen LogP contribution in [0.2, 0.25) is 0 Å². The van der Waals surface area contributed by atoms with Gasteiger partial charge < -0.3 is 10.4 Å². The maximum atomic E-state index is 11.0. The average molecular weight is 227 g/mol. The van der Waals surface area contributed by atoms with Crippen molar-refractivity contribution in [1.82, 2.24) is 5.32 Å². The lowest BCUT2D eigenvalue weighted by Gasteiger charge is -2.41. The van der Waals surface area contributed by atoms with Crippen LogP contribution in [0.5, 0.6) is 0 Å². The Labute approximate surface area is 98.6 Å². The normalized spacial score (nSPS) is 30.2. The highest BCUT2D eigenvalue weighted by molar-refractivity contribution is 5.68. The van der Waals surface area contributed by atoms with Gasteiger partial charge in [0.05, 0.1) is 6.42 Å². The zero-order valence-corrected chi connectivity index (χ0v) is 10.6. The van der Waals surface area contributed by atoms with Crippen molar-refractivity contribution < 1.29 is 9.90 Å². The molecule has 1 aliphatic rings. The lowest BCUT2D eigenvalue weighted by molar-refractivity contribution is -0.139. The number of hydrogen-bond donors (Lipinski definition) is 2. The predicted octanol–water partition coefficient (Wildman–Crippen LogP) is 2.80. The van der Waals surface area contributed by atoms with E-state index in [0.29, 0.717) is 5.92 Å². The molecule has 0 aliphatic heterocycles. The van der Waals surface area contributed by atoms with Gasteiger partial charge in [-0.1, -0.05) is 33.1 Å². The van der Waals surface area contributed by atoms with Crippen molar-refractivity contribution >= 4 is 5.97 Å². The third kappa shape index (κ3) is 3.78. The van der Waals surface area contributed by atoms with E-state index in [9.17, 15) is 4.79 Å². The minimum Gasteiger partial charge on any atom is -0.481 e. The molecule has 3 nitrogen and oxygen atoms in total. The van der Waals surface area contributed by atoms with Gasteiger partial charge in [0.15, 0.2) is 0 Å². The van der Waals surface area contributed by atoms with E-state index < -0.39 is 5.97 Å². The second kappa shape index (κ2) is 6.24. The molecule has 0 aromatic rings. The van der Waals surface area contributed by atoms with Crippen molar-refractivity contribution in [3.05, 3.63) is 0 Å². The number of nitrogens with one attached hydrogen (secondary N) is 1. The van der Waals surface area contributed by atoms with Crippen LogP contribution in [-0.2, 0) is 4.79 Å². The van der Waals surface area contributed by atoms with Crippen LogP contribution >= 0.6 is 0 Å². The molecule has 0 aromatic heterocycles. The summed E-state index contributed by atoms with van der Waals surface area (Å²) in [6.45, 7) is 5.27. The van der Waals surface area contributed by atoms with E-state index in [1.807, 2.05) is 0 Å². The van der Waals surface area contributed by atoms with Gasteiger partial charge in [-0.15, -0.1) is 0 Å². The second-order valence-electron chi connectivity index (χ2n) is 5.15. The van der Waals surface area contributed by atoms with E-state index in [0.717, 1.165) is 25.8 Å². The molecule has 0 aromatic carbocycles. The molecule has 16 heavy (non-hydrogen) atoms. The fourth-order valence-corrected chi connectivity index (χ4v) is 2.90. The molecule has 2 unspecified atom stereocenters. The van der Waals surface area contributed by atoms with Gasteiger partial charge in [-0.3, -0.25) is 4.79 Å². The molecule has 1 saturated carbocycles. The first kappa shape index (κ1) is 13.5. The molecule has 1 aliphatic carbocycles. The van der Waals surface area contributed by atoms with Crippen molar-refractivity contribution in [2.75, 3.05) is 6.54 Å². The summed E-state index contributed by atoms with van der Waals surface area (Å²) in [4.78, 5) is 11.0. The molecule has 0 saturated heterocycles. The van der Waals surface area contributed by atoms with Gasteiger partial charge in [-0.05, 0) is 31.7 Å². The third-order valence-electron chi connectivity index (χ3n) is 3.76. The van der Waals surface area contributed by atoms with Gasteiger partial charge in [-0.25, -0.2) is 0 Å². The molecule has 0 radical (unpaired) electrons. The standard InChI is InChI=1S/C13H25NO2/c1-3-8-14-13(10-12(15)16)7-5-6-11(4-2)9-13/h11,14H,3-10H2,1-2H3,(H,15,16). The van der Waals surface area contributed by atoms with Crippen molar-refractivity contribution in [2.45, 2.75) is 64.3 Å². The Kier molecular flexibility index (Phi) is 5.26. The zero-order chi connectivity index (χ0) is 12.0. The first-order valence-corrected chi connectivity index (χ1v) is 6.58. The van der Waals surface area contributed by atoms with Gasteiger partial charge in [0.2, 0.25) is 0 Å². The summed E-state index contributed by atoms with van der Waals surface area (Å²) >= 11 is 0. The van der Waals surface area contributed by atoms with Crippen LogP contribution in [0.15, 0.2) is 0 Å². The molecule has 0 amide bonds. The Balaban J connectivity index is 2.64. The summed E-state index contributed by atoms with van der Waals surface area (Å²) in [5.41, 5.74) is -0.124. The minimum absolute atomic E-state index is 0.124. The molecule has 0 bridgehead atoms. The maximum absolute atomic E-state index is 11.0. The van der Waals surface area contributed by atoms with Crippen LogP contribution < -0.4 is 5.32 Å². The minimum atomic E-state index is -0.666. The molecule has 2 atom stereocenters. The average Bonchev–Trinajstić information content (AvgIpc) is 2.26. The summed E-state index contributed by atoms with van der Waals surface area (Å²) < 4.78 is 0. The first-order valence-electron chi connectivity index (χ1n) is 6.58. The summed E-state index contributed by atoms with van der Waals surface area (Å²) in [5.74, 6) is 0.0396. The van der Waals surface area contributed by atoms with Gasteiger partial charge in [0.25, 0.3) is 0 Å². The highest BCUT2D eigenvalue weighted by atomic mass is 16.4. The summed E-state index contributed by atoms with van der Waals surface area (Å²) in [6.07, 6.45) is 7.02. The molecular formula is C13H25NO2. The van der Waals surface area contributed by atoms with Gasteiger partial charge in [0.1, 0.15) is 0 Å². The van der Waals surface area contributed by atoms with Crippen molar-refractivity contribution in [3.8, 4) is 0 Å². The van der Waals surface area contributed by atoms with E-state index in [1.165, 1.54) is 19.3 Å². The Bertz CT molecular complexity index is 230. The third-order valence-corrected chi connectivity index (χ3v) is 3.76. The highest BCUT2D eigenvalue weighted by Crippen LogP contribution is 2.36. The number of carbonyl (C=O) groups is 1. The molecule has 1 rings (SSSR count). The fourth-order valence-electron chi connectivity index (χ4n) is 2.90. The number of rotatable bonds is 6. The SMILES string of the molecule is CCCNC1(CC(=O)O)CCCC(CC)C1. The van der Waals surface area contributed by atoms with Crippen LogP contribution in [0.1, 0.15) is 58.8 Å². The summed E-state index contributed by atoms with van der Waals surface area (Å²) in [6, 6.07) is 0. The van der Waals surface area contributed by atoms with Gasteiger partial charge >= 0.3 is 5.97 Å². The fraction of sp³-hybridized carbons (Fsp3) is 0.923.